The van der Waals surface area contributed by atoms with E-state index in [9.17, 15) is 0 Å². The molecule has 1 heterocycles. The van der Waals surface area contributed by atoms with Gasteiger partial charge in [-0.3, -0.25) is 0 Å². The van der Waals surface area contributed by atoms with Crippen LogP contribution in [0.4, 0.5) is 0 Å². The molecule has 1 heteroatoms. The Morgan fingerprint density at radius 1 is 0.667 bits per heavy atom. The molecule has 0 bridgehead atoms. The second-order valence-electron chi connectivity index (χ2n) is 11.2. The van der Waals surface area contributed by atoms with Crippen LogP contribution in [0, 0.1) is 6.92 Å². The largest absolute Gasteiger partial charge is 0.213 e. The van der Waals surface area contributed by atoms with E-state index in [1.807, 2.05) is 0 Å². The molecule has 1 aliphatic carbocycles. The van der Waals surface area contributed by atoms with Gasteiger partial charge in [-0.1, -0.05) is 88.4 Å². The van der Waals surface area contributed by atoms with Crippen molar-refractivity contribution in [1.82, 2.24) is 0 Å². The second-order valence-corrected chi connectivity index (χ2v) is 11.2. The van der Waals surface area contributed by atoms with Gasteiger partial charge in [-0.25, -0.2) is 0 Å². The van der Waals surface area contributed by atoms with Gasteiger partial charge >= 0.3 is 0 Å². The molecule has 0 unspecified atom stereocenters. The van der Waals surface area contributed by atoms with Crippen molar-refractivity contribution in [3.05, 3.63) is 113 Å². The van der Waals surface area contributed by atoms with Crippen molar-refractivity contribution in [1.29, 1.82) is 0 Å². The number of pyridine rings is 1. The minimum atomic E-state index is -0.000878. The summed E-state index contributed by atoms with van der Waals surface area (Å²) in [5, 5.41) is 1.26. The molecular formula is C35H34N+. The molecule has 0 N–H and O–H groups in total. The van der Waals surface area contributed by atoms with Crippen LogP contribution in [0.3, 0.4) is 0 Å². The molecule has 0 amide bonds. The maximum atomic E-state index is 2.44. The molecule has 0 atom stereocenters. The van der Waals surface area contributed by atoms with Gasteiger partial charge in [-0.2, -0.15) is 4.57 Å². The van der Waals surface area contributed by atoms with E-state index in [4.69, 9.17) is 0 Å². The lowest BCUT2D eigenvalue weighted by Crippen LogP contribution is -2.32. The van der Waals surface area contributed by atoms with Gasteiger partial charge in [0.25, 0.3) is 0 Å². The monoisotopic (exact) mass is 468 g/mol. The number of fused-ring (bicyclic) bond motifs is 4. The first-order valence-electron chi connectivity index (χ1n) is 13.0. The van der Waals surface area contributed by atoms with E-state index in [2.05, 4.69) is 137 Å². The fourth-order valence-electron chi connectivity index (χ4n) is 6.03. The molecule has 1 aliphatic rings. The predicted molar refractivity (Wildman–Crippen MR) is 152 cm³/mol. The van der Waals surface area contributed by atoms with Crippen LogP contribution < -0.4 is 4.57 Å². The van der Waals surface area contributed by atoms with Crippen molar-refractivity contribution in [2.75, 3.05) is 0 Å². The van der Waals surface area contributed by atoms with Crippen LogP contribution in [0.25, 0.3) is 44.4 Å². The quantitative estimate of drug-likeness (QED) is 0.233. The van der Waals surface area contributed by atoms with Gasteiger partial charge in [0, 0.05) is 28.5 Å². The molecule has 5 aromatic rings. The zero-order valence-electron chi connectivity index (χ0n) is 22.2. The van der Waals surface area contributed by atoms with E-state index in [0.29, 0.717) is 5.92 Å². The van der Waals surface area contributed by atoms with Crippen molar-refractivity contribution >= 4 is 10.9 Å². The number of hydrogen-bond donors (Lipinski definition) is 0. The molecule has 1 nitrogen and oxygen atoms in total. The third-order valence-electron chi connectivity index (χ3n) is 8.29. The van der Waals surface area contributed by atoms with Gasteiger partial charge in [0.15, 0.2) is 0 Å². The molecule has 36 heavy (non-hydrogen) atoms. The first-order valence-corrected chi connectivity index (χ1v) is 13.0. The maximum Gasteiger partial charge on any atom is 0.213 e. The third kappa shape index (κ3) is 3.41. The lowest BCUT2D eigenvalue weighted by atomic mass is 9.81. The standard InChI is InChI=1S/C35H34N/c1-22(2)24-11-13-25(14-12-24)27-16-15-26-17-18-33(36(6)34(26)20-27)29-21-32-30(19-23(29)3)28-9-7-8-10-31(28)35(32,4)5/h7-22H,1-6H3/q+1. The Morgan fingerprint density at radius 3 is 2.11 bits per heavy atom. The summed E-state index contributed by atoms with van der Waals surface area (Å²) in [5.41, 5.74) is 14.6. The van der Waals surface area contributed by atoms with Gasteiger partial charge < -0.3 is 0 Å². The number of hydrogen-bond acceptors (Lipinski definition) is 0. The summed E-state index contributed by atoms with van der Waals surface area (Å²) < 4.78 is 2.37. The molecule has 0 fully saturated rings. The first kappa shape index (κ1) is 22.7. The van der Waals surface area contributed by atoms with Gasteiger partial charge in [0.2, 0.25) is 11.2 Å². The third-order valence-corrected chi connectivity index (χ3v) is 8.29. The van der Waals surface area contributed by atoms with E-state index < -0.39 is 0 Å². The Hall–Kier alpha value is -3.71. The highest BCUT2D eigenvalue weighted by Crippen LogP contribution is 2.50. The first-order chi connectivity index (χ1) is 17.3. The Kier molecular flexibility index (Phi) is 5.16. The van der Waals surface area contributed by atoms with Crippen LogP contribution in [0.15, 0.2) is 91.0 Å². The van der Waals surface area contributed by atoms with Crippen molar-refractivity contribution in [2.45, 2.75) is 46.0 Å². The molecular weight excluding hydrogens is 434 g/mol. The number of benzene rings is 4. The van der Waals surface area contributed by atoms with Crippen molar-refractivity contribution in [3.63, 3.8) is 0 Å². The molecule has 0 saturated carbocycles. The van der Waals surface area contributed by atoms with E-state index in [1.165, 1.54) is 66.7 Å². The zero-order chi connectivity index (χ0) is 25.2. The highest BCUT2D eigenvalue weighted by atomic mass is 14.9. The predicted octanol–water partition coefficient (Wildman–Crippen LogP) is 8.74. The average molecular weight is 469 g/mol. The second kappa shape index (κ2) is 8.17. The highest BCUT2D eigenvalue weighted by Gasteiger charge is 2.36. The summed E-state index contributed by atoms with van der Waals surface area (Å²) in [7, 11) is 2.20. The van der Waals surface area contributed by atoms with Gasteiger partial charge in [0.05, 0.1) is 0 Å². The summed E-state index contributed by atoms with van der Waals surface area (Å²) in [6.45, 7) is 11.4. The highest BCUT2D eigenvalue weighted by molar-refractivity contribution is 5.86. The Morgan fingerprint density at radius 2 is 1.36 bits per heavy atom. The zero-order valence-corrected chi connectivity index (χ0v) is 22.2. The molecule has 0 radical (unpaired) electrons. The molecule has 178 valence electrons. The Balaban J connectivity index is 1.48. The summed E-state index contributed by atoms with van der Waals surface area (Å²) in [6, 6.07) is 34.1. The summed E-state index contributed by atoms with van der Waals surface area (Å²) in [6.07, 6.45) is 0. The van der Waals surface area contributed by atoms with E-state index in [1.54, 1.807) is 0 Å². The summed E-state index contributed by atoms with van der Waals surface area (Å²) >= 11 is 0. The van der Waals surface area contributed by atoms with Gasteiger partial charge in [0.1, 0.15) is 7.05 Å². The average Bonchev–Trinajstić information content (AvgIpc) is 3.10. The van der Waals surface area contributed by atoms with Crippen LogP contribution in [-0.2, 0) is 12.5 Å². The molecule has 1 aromatic heterocycles. The lowest BCUT2D eigenvalue weighted by molar-refractivity contribution is -0.633. The minimum Gasteiger partial charge on any atom is -0.194 e. The summed E-state index contributed by atoms with van der Waals surface area (Å²) in [5.74, 6) is 0.546. The van der Waals surface area contributed by atoms with Crippen LogP contribution >= 0.6 is 0 Å². The van der Waals surface area contributed by atoms with Crippen LogP contribution in [0.2, 0.25) is 0 Å². The number of aromatic nitrogens is 1. The van der Waals surface area contributed by atoms with Gasteiger partial charge in [-0.15, -0.1) is 0 Å². The smallest absolute Gasteiger partial charge is 0.194 e. The number of rotatable bonds is 3. The van der Waals surface area contributed by atoms with Crippen molar-refractivity contribution < 1.29 is 4.57 Å². The molecule has 0 aliphatic heterocycles. The van der Waals surface area contributed by atoms with Crippen molar-refractivity contribution in [2.24, 2.45) is 7.05 Å². The summed E-state index contributed by atoms with van der Waals surface area (Å²) in [4.78, 5) is 0. The lowest BCUT2D eigenvalue weighted by Gasteiger charge is -2.22. The van der Waals surface area contributed by atoms with Crippen LogP contribution in [0.1, 0.15) is 55.9 Å². The SMILES string of the molecule is Cc1cc2c(cc1-c1ccc3ccc(-c4ccc(C(C)C)cc4)cc3[n+]1C)C(C)(C)c1ccccc1-2. The maximum absolute atomic E-state index is 2.44. The fourth-order valence-corrected chi connectivity index (χ4v) is 6.03. The topological polar surface area (TPSA) is 3.88 Å². The Labute approximate surface area is 215 Å². The molecule has 0 saturated heterocycles. The molecule has 6 rings (SSSR count). The number of nitrogens with zero attached hydrogens (tertiary/aromatic N) is 1. The number of aryl methyl sites for hydroxylation is 2. The minimum absolute atomic E-state index is 0.000878. The van der Waals surface area contributed by atoms with E-state index in [0.717, 1.165) is 0 Å². The van der Waals surface area contributed by atoms with E-state index in [-0.39, 0.29) is 5.41 Å². The van der Waals surface area contributed by atoms with Crippen molar-refractivity contribution in [3.8, 4) is 33.5 Å². The van der Waals surface area contributed by atoms with Crippen LogP contribution in [0.5, 0.6) is 0 Å². The van der Waals surface area contributed by atoms with Crippen LogP contribution in [-0.4, -0.2) is 0 Å². The molecule has 4 aromatic carbocycles. The Bertz CT molecular complexity index is 1630. The van der Waals surface area contributed by atoms with E-state index >= 15 is 0 Å². The van der Waals surface area contributed by atoms with Gasteiger partial charge in [-0.05, 0) is 75.5 Å². The molecule has 0 spiro atoms. The fraction of sp³-hybridized carbons (Fsp3) is 0.229. The normalized spacial score (nSPS) is 13.8.